The summed E-state index contributed by atoms with van der Waals surface area (Å²) in [4.78, 5) is 2.42. The number of anilines is 5. The second-order valence-corrected chi connectivity index (χ2v) is 30.7. The van der Waals surface area contributed by atoms with Crippen molar-refractivity contribution in [3.05, 3.63) is 478 Å². The van der Waals surface area contributed by atoms with E-state index in [1.54, 1.807) is 0 Å². The molecule has 0 saturated heterocycles. The fraction of sp³-hybridized carbons (Fsp3) is 0. The minimum absolute atomic E-state index is 0.768. The van der Waals surface area contributed by atoms with E-state index < -0.39 is 0 Å². The molecule has 0 unspecified atom stereocenters. The Morgan fingerprint density at radius 2 is 0.479 bits per heavy atom. The average molecular weight is 1540 g/mol. The Morgan fingerprint density at radius 3 is 0.933 bits per heavy atom. The molecule has 0 atom stereocenters. The van der Waals surface area contributed by atoms with Gasteiger partial charge in [0.15, 0.2) is 0 Å². The van der Waals surface area contributed by atoms with Gasteiger partial charge in [0.1, 0.15) is 0 Å². The van der Waals surface area contributed by atoms with Gasteiger partial charge in [-0.1, -0.05) is 400 Å². The molecule has 22 rings (SSSR count). The second-order valence-electron chi connectivity index (χ2n) is 30.3. The number of hydrogen-bond donors (Lipinski definition) is 1. The van der Waals surface area contributed by atoms with Crippen LogP contribution in [-0.4, -0.2) is 0 Å². The van der Waals surface area contributed by atoms with Crippen LogP contribution in [0.3, 0.4) is 0 Å². The molecule has 560 valence electrons. The fourth-order valence-electron chi connectivity index (χ4n) is 17.6. The molecule has 0 amide bonds. The number of para-hydroxylation sites is 2. The Labute approximate surface area is 698 Å². The second kappa shape index (κ2) is 32.6. The van der Waals surface area contributed by atoms with Gasteiger partial charge in [-0.15, -0.1) is 0 Å². The van der Waals surface area contributed by atoms with Crippen molar-refractivity contribution in [1.82, 2.24) is 0 Å². The average Bonchev–Trinajstić information content (AvgIpc) is 0.765. The van der Waals surface area contributed by atoms with Crippen LogP contribution in [0.4, 0.5) is 28.4 Å². The van der Waals surface area contributed by atoms with E-state index in [4.69, 9.17) is 11.6 Å². The van der Waals surface area contributed by atoms with Crippen LogP contribution in [0.25, 0.3) is 175 Å². The van der Waals surface area contributed by atoms with E-state index >= 15 is 0 Å². The fourth-order valence-corrected chi connectivity index (χ4v) is 17.8. The summed E-state index contributed by atoms with van der Waals surface area (Å²) in [5.41, 5.74) is 24.8. The summed E-state index contributed by atoms with van der Waals surface area (Å²) in [7, 11) is 0. The number of fused-ring (bicyclic) bond motifs is 12. The van der Waals surface area contributed by atoms with Gasteiger partial charge in [-0.3, -0.25) is 0 Å². The predicted octanol–water partition coefficient (Wildman–Crippen LogP) is 33.5. The molecule has 0 radical (unpaired) electrons. The highest BCUT2D eigenvalue weighted by atomic mass is 35.5. The molecule has 0 aliphatic heterocycles. The van der Waals surface area contributed by atoms with Gasteiger partial charge in [0.2, 0.25) is 0 Å². The Morgan fingerprint density at radius 1 is 0.168 bits per heavy atom. The lowest BCUT2D eigenvalue weighted by Crippen LogP contribution is -2.11. The highest BCUT2D eigenvalue weighted by Crippen LogP contribution is 2.47. The van der Waals surface area contributed by atoms with E-state index in [0.717, 1.165) is 39.0 Å². The van der Waals surface area contributed by atoms with Crippen LogP contribution >= 0.6 is 11.6 Å². The lowest BCUT2D eigenvalue weighted by atomic mass is 9.89. The van der Waals surface area contributed by atoms with E-state index in [0.29, 0.717) is 0 Å². The number of hydrogen-bond acceptors (Lipinski definition) is 2. The maximum Gasteiger partial charge on any atom is 0.0540 e. The highest BCUT2D eigenvalue weighted by molar-refractivity contribution is 6.31. The molecular weight excluding hydrogens is 1460 g/mol. The number of rotatable bonds is 13. The molecular formula is C116H79ClN2. The molecule has 0 aliphatic carbocycles. The molecule has 2 nitrogen and oxygen atoms in total. The molecule has 0 fully saturated rings. The van der Waals surface area contributed by atoms with Crippen molar-refractivity contribution in [1.29, 1.82) is 0 Å². The van der Waals surface area contributed by atoms with E-state index in [9.17, 15) is 0 Å². The number of benzene rings is 22. The number of halogens is 1. The molecule has 119 heavy (non-hydrogen) atoms. The summed E-state index contributed by atoms with van der Waals surface area (Å²) in [6.45, 7) is 0. The summed E-state index contributed by atoms with van der Waals surface area (Å²) in [5, 5.41) is 24.7. The van der Waals surface area contributed by atoms with Gasteiger partial charge in [0, 0.05) is 38.9 Å². The third kappa shape index (κ3) is 14.5. The predicted molar refractivity (Wildman–Crippen MR) is 512 cm³/mol. The molecule has 3 heteroatoms. The number of nitrogens with one attached hydrogen (secondary N) is 1. The number of nitrogens with zero attached hydrogens (tertiary/aromatic N) is 1. The van der Waals surface area contributed by atoms with Crippen LogP contribution in [0, 0.1) is 0 Å². The lowest BCUT2D eigenvalue weighted by Gasteiger charge is -2.28. The van der Waals surface area contributed by atoms with E-state index in [1.165, 1.54) is 170 Å². The van der Waals surface area contributed by atoms with Gasteiger partial charge in [0.05, 0.1) is 5.69 Å². The first kappa shape index (κ1) is 72.8. The molecule has 22 aromatic carbocycles. The molecule has 0 aliphatic rings. The van der Waals surface area contributed by atoms with E-state index in [1.807, 2.05) is 18.2 Å². The largest absolute Gasteiger partial charge is 0.355 e. The molecule has 0 aromatic heterocycles. The van der Waals surface area contributed by atoms with Crippen molar-refractivity contribution in [3.8, 4) is 89.0 Å². The summed E-state index contributed by atoms with van der Waals surface area (Å²) in [6, 6.07) is 170. The minimum Gasteiger partial charge on any atom is -0.355 e. The van der Waals surface area contributed by atoms with Crippen LogP contribution in [0.2, 0.25) is 5.02 Å². The van der Waals surface area contributed by atoms with E-state index in [2.05, 4.69) is 465 Å². The molecule has 0 spiro atoms. The zero-order valence-electron chi connectivity index (χ0n) is 65.4. The first-order valence-corrected chi connectivity index (χ1v) is 41.1. The summed E-state index contributed by atoms with van der Waals surface area (Å²) < 4.78 is 0. The summed E-state index contributed by atoms with van der Waals surface area (Å²) >= 11 is 6.16. The molecule has 0 heterocycles. The van der Waals surface area contributed by atoms with Gasteiger partial charge in [-0.25, -0.2) is 0 Å². The monoisotopic (exact) mass is 1530 g/mol. The lowest BCUT2D eigenvalue weighted by molar-refractivity contribution is 1.28. The molecule has 0 saturated carbocycles. The van der Waals surface area contributed by atoms with Crippen molar-refractivity contribution in [2.75, 3.05) is 10.2 Å². The van der Waals surface area contributed by atoms with Crippen LogP contribution in [0.5, 0.6) is 0 Å². The van der Waals surface area contributed by atoms with Crippen molar-refractivity contribution >= 4 is 126 Å². The van der Waals surface area contributed by atoms with Gasteiger partial charge < -0.3 is 10.2 Å². The first-order valence-electron chi connectivity index (χ1n) is 40.7. The third-order valence-corrected chi connectivity index (χ3v) is 23.4. The molecule has 0 bridgehead atoms. The van der Waals surface area contributed by atoms with Crippen molar-refractivity contribution < 1.29 is 0 Å². The van der Waals surface area contributed by atoms with Gasteiger partial charge >= 0.3 is 0 Å². The summed E-state index contributed by atoms with van der Waals surface area (Å²) in [5.74, 6) is 0. The van der Waals surface area contributed by atoms with Crippen molar-refractivity contribution in [3.63, 3.8) is 0 Å². The van der Waals surface area contributed by atoms with Crippen LogP contribution in [0.1, 0.15) is 0 Å². The third-order valence-electron chi connectivity index (χ3n) is 23.2. The van der Waals surface area contributed by atoms with Crippen LogP contribution in [-0.2, 0) is 0 Å². The first-order chi connectivity index (χ1) is 59.0. The quantitative estimate of drug-likeness (QED) is 0.116. The van der Waals surface area contributed by atoms with Gasteiger partial charge in [-0.2, -0.15) is 0 Å². The Kier molecular flexibility index (Phi) is 19.9. The van der Waals surface area contributed by atoms with Crippen LogP contribution < -0.4 is 10.2 Å². The van der Waals surface area contributed by atoms with Crippen molar-refractivity contribution in [2.45, 2.75) is 0 Å². The Bertz CT molecular complexity index is 7520. The highest BCUT2D eigenvalue weighted by Gasteiger charge is 2.22. The maximum absolute atomic E-state index is 6.16. The van der Waals surface area contributed by atoms with Gasteiger partial charge in [-0.05, 0) is 249 Å². The SMILES string of the molecule is Clc1cccc(-c2cc3ccccc3c3ccccc23)c1.c1ccc(-c2ccccc2N(c2ccc(-c3ccccc3-c3cc4ccccc4c4ccccc34)cc2)c2cccc(-c3cc4ccccc4c4ccccc34)c2)cc1.c1ccc(-c2ccccc2Nc2ccc(-c3ccccc3-c3cc4ccccc4c4ccccc34)cc2)cc1. The molecule has 1 N–H and O–H groups in total. The zero-order valence-corrected chi connectivity index (χ0v) is 66.1. The minimum atomic E-state index is 0.768. The van der Waals surface area contributed by atoms with E-state index in [-0.39, 0.29) is 0 Å². The Hall–Kier alpha value is -15.2. The zero-order chi connectivity index (χ0) is 79.4. The maximum atomic E-state index is 6.16. The molecule has 22 aromatic rings. The van der Waals surface area contributed by atoms with Gasteiger partial charge in [0.25, 0.3) is 0 Å². The smallest absolute Gasteiger partial charge is 0.0540 e. The standard InChI is InChI=1S/C58H39N.C38H27N.C20H13Cl/c1-2-17-40(18-3-1)50-26-14-15-32-58(50)59(46-22-16-21-42(37-46)56-38-43-19-4-6-24-48(43)51-27-10-12-30-54(51)56)45-35-33-41(34-36-45)47-23-8-9-29-53(47)57-39-44-20-5-7-25-49(44)52-28-11-13-31-55(52)57;1-2-12-27(13-3-1)33-17-10-11-21-38(33)39-30-24-22-28(23-25-30)31-15-6-7-19-35(31)37-26-29-14-4-5-16-32(29)34-18-8-9-20-36(34)37;21-16-8-5-7-14(12-16)20-13-15-6-1-2-9-17(15)18-10-3-4-11-19(18)20/h1-39H;1-26,39H;1-13H. The topological polar surface area (TPSA) is 15.3 Å². The Balaban J connectivity index is 0.000000129. The summed E-state index contributed by atoms with van der Waals surface area (Å²) in [6.07, 6.45) is 0. The van der Waals surface area contributed by atoms with Crippen molar-refractivity contribution in [2.24, 2.45) is 0 Å². The van der Waals surface area contributed by atoms with Crippen LogP contribution in [0.15, 0.2) is 473 Å². The normalized spacial score (nSPS) is 11.2.